The molecule has 1 aromatic carbocycles. The van der Waals surface area contributed by atoms with Gasteiger partial charge in [-0.05, 0) is 31.4 Å². The van der Waals surface area contributed by atoms with Gasteiger partial charge in [0.15, 0.2) is 17.2 Å². The van der Waals surface area contributed by atoms with Gasteiger partial charge in [-0.15, -0.1) is 5.10 Å². The van der Waals surface area contributed by atoms with Gasteiger partial charge >= 0.3 is 0 Å². The van der Waals surface area contributed by atoms with Gasteiger partial charge in [0.25, 0.3) is 0 Å². The second-order valence-corrected chi connectivity index (χ2v) is 9.59. The van der Waals surface area contributed by atoms with Crippen LogP contribution in [-0.4, -0.2) is 75.8 Å². The van der Waals surface area contributed by atoms with E-state index in [9.17, 15) is 15.3 Å². The molecule has 196 valence electrons. The van der Waals surface area contributed by atoms with E-state index in [1.54, 1.807) is 17.0 Å². The van der Waals surface area contributed by atoms with Crippen molar-refractivity contribution in [3.8, 4) is 12.1 Å². The highest BCUT2D eigenvalue weighted by Crippen LogP contribution is 2.36. The molecule has 1 aliphatic carbocycles. The first-order valence-electron chi connectivity index (χ1n) is 12.5. The number of carbonyl (C=O) groups excluding carboxylic acids is 1. The Morgan fingerprint density at radius 1 is 1.21 bits per heavy atom. The van der Waals surface area contributed by atoms with Crippen molar-refractivity contribution < 1.29 is 9.53 Å². The summed E-state index contributed by atoms with van der Waals surface area (Å²) in [6.45, 7) is 4.82. The van der Waals surface area contributed by atoms with E-state index in [-0.39, 0.29) is 24.2 Å². The van der Waals surface area contributed by atoms with Crippen molar-refractivity contribution in [2.24, 2.45) is 0 Å². The number of anilines is 4. The van der Waals surface area contributed by atoms with Gasteiger partial charge in [-0.25, -0.2) is 4.98 Å². The normalized spacial score (nSPS) is 15.3. The molecule has 5 rings (SSSR count). The highest BCUT2D eigenvalue weighted by Gasteiger charge is 2.26. The zero-order valence-electron chi connectivity index (χ0n) is 20.9. The van der Waals surface area contributed by atoms with E-state index in [0.717, 1.165) is 19.3 Å². The number of fused-ring (bicyclic) bond motifs is 1. The van der Waals surface area contributed by atoms with E-state index < -0.39 is 0 Å². The minimum Gasteiger partial charge on any atom is -0.372 e. The highest BCUT2D eigenvalue weighted by atomic mass is 35.5. The van der Waals surface area contributed by atoms with E-state index in [1.165, 1.54) is 10.7 Å². The first kappa shape index (κ1) is 25.5. The fraction of sp³-hybridized carbons (Fsp3) is 0.440. The zero-order chi connectivity index (χ0) is 26.6. The maximum atomic E-state index is 12.4. The SMILES string of the molecule is CCCOCC(=O)N1CCN(c2cc(C#N)cc(Nc3nc(NC4CC4)c4ncc(C#N)n4n3)c2Cl)CC1. The average Bonchev–Trinajstić information content (AvgIpc) is 3.65. The Hall–Kier alpha value is -4.13. The lowest BCUT2D eigenvalue weighted by atomic mass is 10.1. The Labute approximate surface area is 224 Å². The molecular formula is C25H27ClN10O2. The predicted molar refractivity (Wildman–Crippen MR) is 141 cm³/mol. The standard InChI is InChI=1S/C25H27ClN10O2/c1-2-9-38-15-21(37)35-7-5-34(6-8-35)20-11-16(12-27)10-19(22(20)26)31-25-32-23(30-17-3-4-17)24-29-14-18(13-28)36(24)33-25/h10-11,14,17H,2-9,15H2,1H3,(H2,30,31,32,33). The van der Waals surface area contributed by atoms with Crippen LogP contribution in [0.3, 0.4) is 0 Å². The van der Waals surface area contributed by atoms with Gasteiger partial charge < -0.3 is 25.2 Å². The number of nitrogens with zero attached hydrogens (tertiary/aromatic N) is 8. The van der Waals surface area contributed by atoms with Crippen molar-refractivity contribution in [2.75, 3.05) is 54.9 Å². The molecule has 1 amide bonds. The first-order chi connectivity index (χ1) is 18.5. The monoisotopic (exact) mass is 534 g/mol. The Bertz CT molecular complexity index is 1430. The number of nitriles is 2. The number of amides is 1. The molecule has 2 aromatic heterocycles. The van der Waals surface area contributed by atoms with Gasteiger partial charge in [0.05, 0.1) is 34.2 Å². The molecule has 2 N–H and O–H groups in total. The molecule has 0 unspecified atom stereocenters. The molecule has 2 aliphatic rings. The summed E-state index contributed by atoms with van der Waals surface area (Å²) in [7, 11) is 0. The van der Waals surface area contributed by atoms with Gasteiger partial charge in [-0.3, -0.25) is 4.79 Å². The third kappa shape index (κ3) is 5.42. The smallest absolute Gasteiger partial charge is 0.248 e. The van der Waals surface area contributed by atoms with Crippen molar-refractivity contribution in [2.45, 2.75) is 32.2 Å². The third-order valence-electron chi connectivity index (χ3n) is 6.37. The van der Waals surface area contributed by atoms with Gasteiger partial charge in [0.1, 0.15) is 12.7 Å². The van der Waals surface area contributed by atoms with E-state index in [4.69, 9.17) is 16.3 Å². The fourth-order valence-corrected chi connectivity index (χ4v) is 4.51. The number of benzene rings is 1. The predicted octanol–water partition coefficient (Wildman–Crippen LogP) is 2.91. The molecule has 3 aromatic rings. The maximum absolute atomic E-state index is 12.4. The molecule has 0 bridgehead atoms. The second-order valence-electron chi connectivity index (χ2n) is 9.21. The summed E-state index contributed by atoms with van der Waals surface area (Å²) in [6.07, 6.45) is 4.39. The number of hydrogen-bond acceptors (Lipinski definition) is 10. The minimum atomic E-state index is -0.0308. The topological polar surface area (TPSA) is 148 Å². The molecule has 0 radical (unpaired) electrons. The van der Waals surface area contributed by atoms with E-state index in [0.29, 0.717) is 72.3 Å². The zero-order valence-corrected chi connectivity index (χ0v) is 21.7. The van der Waals surface area contributed by atoms with Crippen LogP contribution >= 0.6 is 11.6 Å². The van der Waals surface area contributed by atoms with Crippen LogP contribution in [0.15, 0.2) is 18.3 Å². The van der Waals surface area contributed by atoms with Gasteiger partial charge in [0, 0.05) is 38.8 Å². The van der Waals surface area contributed by atoms with E-state index >= 15 is 0 Å². The van der Waals surface area contributed by atoms with Crippen LogP contribution < -0.4 is 15.5 Å². The number of piperazine rings is 1. The molecule has 38 heavy (non-hydrogen) atoms. The number of nitrogens with one attached hydrogen (secondary N) is 2. The number of hydrogen-bond donors (Lipinski definition) is 2. The lowest BCUT2D eigenvalue weighted by Crippen LogP contribution is -2.49. The first-order valence-corrected chi connectivity index (χ1v) is 12.9. The molecule has 0 atom stereocenters. The van der Waals surface area contributed by atoms with Crippen LogP contribution in [0.5, 0.6) is 0 Å². The summed E-state index contributed by atoms with van der Waals surface area (Å²) in [5, 5.41) is 30.5. The summed E-state index contributed by atoms with van der Waals surface area (Å²) in [6, 6.07) is 7.96. The van der Waals surface area contributed by atoms with Crippen LogP contribution in [-0.2, 0) is 9.53 Å². The number of aromatic nitrogens is 4. The molecule has 13 heteroatoms. The molecule has 1 saturated heterocycles. The summed E-state index contributed by atoms with van der Waals surface area (Å²) < 4.78 is 6.82. The summed E-state index contributed by atoms with van der Waals surface area (Å²) >= 11 is 6.84. The van der Waals surface area contributed by atoms with Gasteiger partial charge in [-0.2, -0.15) is 20.0 Å². The molecule has 3 heterocycles. The van der Waals surface area contributed by atoms with Crippen molar-refractivity contribution in [3.05, 3.63) is 34.6 Å². The second kappa shape index (κ2) is 11.1. The Morgan fingerprint density at radius 2 is 2.00 bits per heavy atom. The fourth-order valence-electron chi connectivity index (χ4n) is 4.24. The summed E-state index contributed by atoms with van der Waals surface area (Å²) in [5.74, 6) is 0.695. The maximum Gasteiger partial charge on any atom is 0.248 e. The lowest BCUT2D eigenvalue weighted by molar-refractivity contribution is -0.136. The van der Waals surface area contributed by atoms with Gasteiger partial charge in [0.2, 0.25) is 11.9 Å². The van der Waals surface area contributed by atoms with E-state index in [1.807, 2.05) is 6.92 Å². The molecule has 1 aliphatic heterocycles. The minimum absolute atomic E-state index is 0.0308. The number of ether oxygens (including phenoxy) is 1. The summed E-state index contributed by atoms with van der Waals surface area (Å²) in [4.78, 5) is 25.1. The molecule has 1 saturated carbocycles. The average molecular weight is 535 g/mol. The highest BCUT2D eigenvalue weighted by molar-refractivity contribution is 6.36. The number of halogens is 1. The number of carbonyl (C=O) groups is 1. The van der Waals surface area contributed by atoms with Crippen molar-refractivity contribution in [3.63, 3.8) is 0 Å². The summed E-state index contributed by atoms with van der Waals surface area (Å²) in [5.41, 5.74) is 2.29. The Morgan fingerprint density at radius 3 is 2.68 bits per heavy atom. The van der Waals surface area contributed by atoms with Crippen molar-refractivity contribution >= 4 is 46.3 Å². The van der Waals surface area contributed by atoms with Crippen LogP contribution in [0.4, 0.5) is 23.1 Å². The Kier molecular flexibility index (Phi) is 7.45. The quantitative estimate of drug-likeness (QED) is 0.392. The molecule has 2 fully saturated rings. The van der Waals surface area contributed by atoms with Crippen molar-refractivity contribution in [1.29, 1.82) is 10.5 Å². The van der Waals surface area contributed by atoms with Crippen LogP contribution in [0, 0.1) is 22.7 Å². The molecule has 0 spiro atoms. The molecule has 12 nitrogen and oxygen atoms in total. The lowest BCUT2D eigenvalue weighted by Gasteiger charge is -2.36. The van der Waals surface area contributed by atoms with Crippen LogP contribution in [0.1, 0.15) is 37.4 Å². The third-order valence-corrected chi connectivity index (χ3v) is 6.77. The van der Waals surface area contributed by atoms with Gasteiger partial charge in [-0.1, -0.05) is 18.5 Å². The number of imidazole rings is 1. The van der Waals surface area contributed by atoms with Crippen LogP contribution in [0.2, 0.25) is 5.02 Å². The number of rotatable bonds is 9. The largest absolute Gasteiger partial charge is 0.372 e. The van der Waals surface area contributed by atoms with Crippen molar-refractivity contribution in [1.82, 2.24) is 24.5 Å². The van der Waals surface area contributed by atoms with Crippen LogP contribution in [0.25, 0.3) is 5.65 Å². The van der Waals surface area contributed by atoms with E-state index in [2.05, 4.69) is 42.7 Å². The Balaban J connectivity index is 1.38. The molecular weight excluding hydrogens is 508 g/mol.